The zero-order valence-corrected chi connectivity index (χ0v) is 5.92. The quantitative estimate of drug-likeness (QED) is 0.511. The normalized spacial score (nSPS) is 25.3. The van der Waals surface area contributed by atoms with Crippen molar-refractivity contribution in [2.45, 2.75) is 6.42 Å². The first-order valence-corrected chi connectivity index (χ1v) is 3.48. The van der Waals surface area contributed by atoms with Crippen LogP contribution in [0.3, 0.4) is 0 Å². The van der Waals surface area contributed by atoms with E-state index in [-0.39, 0.29) is 6.03 Å². The highest BCUT2D eigenvalue weighted by Gasteiger charge is 2.22. The summed E-state index contributed by atoms with van der Waals surface area (Å²) < 4.78 is 0. The van der Waals surface area contributed by atoms with E-state index in [0.717, 1.165) is 19.5 Å². The number of primary amides is 1. The van der Waals surface area contributed by atoms with Crippen LogP contribution in [0.4, 0.5) is 4.79 Å². The van der Waals surface area contributed by atoms with Crippen LogP contribution in [0.25, 0.3) is 0 Å². The van der Waals surface area contributed by atoms with Crippen LogP contribution in [0.15, 0.2) is 0 Å². The number of hydrogen-bond donors (Lipinski definition) is 2. The minimum Gasteiger partial charge on any atom is -0.351 e. The highest BCUT2D eigenvalue weighted by molar-refractivity contribution is 5.72. The van der Waals surface area contributed by atoms with Gasteiger partial charge in [0.05, 0.1) is 0 Å². The van der Waals surface area contributed by atoms with Crippen molar-refractivity contribution < 1.29 is 4.79 Å². The molecule has 58 valence electrons. The number of likely N-dealkylation sites (tertiary alicyclic amines) is 1. The molecule has 1 heterocycles. The molecule has 1 aliphatic rings. The number of nitrogens with zero attached hydrogens (tertiary/aromatic N) is 1. The first-order valence-electron chi connectivity index (χ1n) is 3.48. The fourth-order valence-electron chi connectivity index (χ4n) is 1.23. The molecule has 10 heavy (non-hydrogen) atoms. The molecule has 0 spiro atoms. The number of amides is 2. The summed E-state index contributed by atoms with van der Waals surface area (Å²) in [7, 11) is 0. The Morgan fingerprint density at radius 2 is 2.40 bits per heavy atom. The van der Waals surface area contributed by atoms with Gasteiger partial charge in [-0.05, 0) is 18.9 Å². The summed E-state index contributed by atoms with van der Waals surface area (Å²) in [5, 5.41) is 0. The van der Waals surface area contributed by atoms with Crippen LogP contribution in [0.2, 0.25) is 0 Å². The van der Waals surface area contributed by atoms with Crippen LogP contribution >= 0.6 is 0 Å². The Balaban J connectivity index is 2.35. The smallest absolute Gasteiger partial charge is 0.314 e. The minimum atomic E-state index is -0.323. The molecule has 2 amide bonds. The Morgan fingerprint density at radius 1 is 1.70 bits per heavy atom. The van der Waals surface area contributed by atoms with Gasteiger partial charge in [-0.2, -0.15) is 0 Å². The van der Waals surface area contributed by atoms with Gasteiger partial charge in [0.1, 0.15) is 0 Å². The molecule has 0 aromatic heterocycles. The van der Waals surface area contributed by atoms with Gasteiger partial charge < -0.3 is 16.4 Å². The van der Waals surface area contributed by atoms with Gasteiger partial charge in [-0.1, -0.05) is 0 Å². The van der Waals surface area contributed by atoms with E-state index in [1.807, 2.05) is 0 Å². The second kappa shape index (κ2) is 2.88. The summed E-state index contributed by atoms with van der Waals surface area (Å²) in [4.78, 5) is 12.2. The molecular weight excluding hydrogens is 130 g/mol. The standard InChI is InChI=1S/C6H13N3O/c7-3-5-1-2-9(4-5)6(8)10/h5H,1-4,7H2,(H2,8,10). The fraction of sp³-hybridized carbons (Fsp3) is 0.833. The van der Waals surface area contributed by atoms with Gasteiger partial charge >= 0.3 is 6.03 Å². The Bertz CT molecular complexity index is 137. The van der Waals surface area contributed by atoms with Crippen LogP contribution < -0.4 is 11.5 Å². The van der Waals surface area contributed by atoms with E-state index in [9.17, 15) is 4.79 Å². The highest BCUT2D eigenvalue weighted by Crippen LogP contribution is 2.13. The summed E-state index contributed by atoms with van der Waals surface area (Å²) in [5.74, 6) is 0.465. The Kier molecular flexibility index (Phi) is 2.11. The largest absolute Gasteiger partial charge is 0.351 e. The van der Waals surface area contributed by atoms with Gasteiger partial charge in [0, 0.05) is 13.1 Å². The van der Waals surface area contributed by atoms with E-state index in [0.29, 0.717) is 12.5 Å². The van der Waals surface area contributed by atoms with Gasteiger partial charge in [0.25, 0.3) is 0 Å². The molecule has 4 N–H and O–H groups in total. The number of hydrogen-bond acceptors (Lipinski definition) is 2. The summed E-state index contributed by atoms with van der Waals surface area (Å²) in [6.45, 7) is 2.17. The maximum atomic E-state index is 10.6. The third kappa shape index (κ3) is 1.39. The number of carbonyl (C=O) groups is 1. The summed E-state index contributed by atoms with van der Waals surface area (Å²) in [6.07, 6.45) is 0.999. The highest BCUT2D eigenvalue weighted by atomic mass is 16.2. The van der Waals surface area contributed by atoms with Gasteiger partial charge in [0.15, 0.2) is 0 Å². The van der Waals surface area contributed by atoms with Gasteiger partial charge in [-0.3, -0.25) is 0 Å². The molecule has 1 unspecified atom stereocenters. The molecule has 0 radical (unpaired) electrons. The van der Waals surface area contributed by atoms with Crippen molar-refractivity contribution in [3.05, 3.63) is 0 Å². The van der Waals surface area contributed by atoms with Crippen LogP contribution in [0.1, 0.15) is 6.42 Å². The summed E-state index contributed by atoms with van der Waals surface area (Å²) >= 11 is 0. The Hall–Kier alpha value is -0.770. The molecule has 1 saturated heterocycles. The van der Waals surface area contributed by atoms with E-state index in [4.69, 9.17) is 11.5 Å². The predicted octanol–water partition coefficient (Wildman–Crippen LogP) is -0.654. The molecule has 1 aliphatic heterocycles. The molecule has 1 rings (SSSR count). The number of carbonyl (C=O) groups excluding carboxylic acids is 1. The van der Waals surface area contributed by atoms with Crippen molar-refractivity contribution in [3.63, 3.8) is 0 Å². The van der Waals surface area contributed by atoms with Crippen molar-refractivity contribution in [3.8, 4) is 0 Å². The lowest BCUT2D eigenvalue weighted by Crippen LogP contribution is -2.34. The predicted molar refractivity (Wildman–Crippen MR) is 38.3 cm³/mol. The molecule has 0 saturated carbocycles. The molecule has 0 bridgehead atoms. The topological polar surface area (TPSA) is 72.3 Å². The van der Waals surface area contributed by atoms with Crippen molar-refractivity contribution in [1.29, 1.82) is 0 Å². The number of nitrogens with two attached hydrogens (primary N) is 2. The molecular formula is C6H13N3O. The third-order valence-corrected chi connectivity index (χ3v) is 1.93. The van der Waals surface area contributed by atoms with E-state index in [2.05, 4.69) is 0 Å². The average Bonchev–Trinajstić information content (AvgIpc) is 2.34. The SMILES string of the molecule is NCC1CCN(C(N)=O)C1. The van der Waals surface area contributed by atoms with Crippen LogP contribution in [-0.2, 0) is 0 Å². The molecule has 4 nitrogen and oxygen atoms in total. The van der Waals surface area contributed by atoms with E-state index < -0.39 is 0 Å². The second-order valence-corrected chi connectivity index (χ2v) is 2.67. The van der Waals surface area contributed by atoms with Crippen LogP contribution in [0.5, 0.6) is 0 Å². The Labute approximate surface area is 60.2 Å². The lowest BCUT2D eigenvalue weighted by Gasteiger charge is -2.11. The van der Waals surface area contributed by atoms with Gasteiger partial charge in [-0.25, -0.2) is 4.79 Å². The van der Waals surface area contributed by atoms with E-state index in [1.165, 1.54) is 0 Å². The van der Waals surface area contributed by atoms with Crippen molar-refractivity contribution >= 4 is 6.03 Å². The first kappa shape index (κ1) is 7.34. The number of urea groups is 1. The summed E-state index contributed by atoms with van der Waals surface area (Å²) in [6, 6.07) is -0.323. The monoisotopic (exact) mass is 143 g/mol. The molecule has 4 heteroatoms. The Morgan fingerprint density at radius 3 is 2.70 bits per heavy atom. The van der Waals surface area contributed by atoms with E-state index in [1.54, 1.807) is 4.90 Å². The van der Waals surface area contributed by atoms with Gasteiger partial charge in [0.2, 0.25) is 0 Å². The molecule has 0 aromatic rings. The third-order valence-electron chi connectivity index (χ3n) is 1.93. The zero-order valence-electron chi connectivity index (χ0n) is 5.92. The lowest BCUT2D eigenvalue weighted by molar-refractivity contribution is 0.217. The molecule has 1 atom stereocenters. The van der Waals surface area contributed by atoms with Crippen molar-refractivity contribution in [1.82, 2.24) is 4.90 Å². The van der Waals surface area contributed by atoms with E-state index >= 15 is 0 Å². The molecule has 0 aromatic carbocycles. The second-order valence-electron chi connectivity index (χ2n) is 2.67. The maximum Gasteiger partial charge on any atom is 0.314 e. The summed E-state index contributed by atoms with van der Waals surface area (Å²) in [5.41, 5.74) is 10.5. The molecule has 1 fully saturated rings. The van der Waals surface area contributed by atoms with Crippen molar-refractivity contribution in [2.75, 3.05) is 19.6 Å². The average molecular weight is 143 g/mol. The van der Waals surface area contributed by atoms with Crippen LogP contribution in [-0.4, -0.2) is 30.6 Å². The maximum absolute atomic E-state index is 10.6. The fourth-order valence-corrected chi connectivity index (χ4v) is 1.23. The van der Waals surface area contributed by atoms with Gasteiger partial charge in [-0.15, -0.1) is 0 Å². The zero-order chi connectivity index (χ0) is 7.56. The molecule has 0 aliphatic carbocycles. The van der Waals surface area contributed by atoms with Crippen LogP contribution in [0, 0.1) is 5.92 Å². The van der Waals surface area contributed by atoms with Crippen molar-refractivity contribution in [2.24, 2.45) is 17.4 Å². The first-order chi connectivity index (χ1) is 4.74. The number of rotatable bonds is 1. The lowest BCUT2D eigenvalue weighted by atomic mass is 10.1. The minimum absolute atomic E-state index is 0.323.